The van der Waals surface area contributed by atoms with Crippen LogP contribution in [-0.2, 0) is 0 Å². The van der Waals surface area contributed by atoms with Gasteiger partial charge in [-0.25, -0.2) is 0 Å². The molecule has 0 saturated heterocycles. The van der Waals surface area contributed by atoms with Crippen LogP contribution >= 0.6 is 0 Å². The molecule has 0 aliphatic carbocycles. The van der Waals surface area contributed by atoms with E-state index in [4.69, 9.17) is 0 Å². The van der Waals surface area contributed by atoms with Crippen molar-refractivity contribution in [2.75, 3.05) is 0 Å². The average Bonchev–Trinajstić information content (AvgIpc) is 1.67. The lowest BCUT2D eigenvalue weighted by Gasteiger charge is -2.10. The van der Waals surface area contributed by atoms with E-state index >= 15 is 0 Å². The molecule has 0 bridgehead atoms. The molecule has 0 fully saturated rings. The van der Waals surface area contributed by atoms with Gasteiger partial charge in [-0.15, -0.1) is 12.3 Å². The zero-order valence-electron chi connectivity index (χ0n) is 5.57. The second-order valence-corrected chi connectivity index (χ2v) is 2.37. The highest BCUT2D eigenvalue weighted by Gasteiger charge is 2.04. The van der Waals surface area contributed by atoms with Crippen LogP contribution in [-0.4, -0.2) is 0 Å². The monoisotopic (exact) mass is 108 g/mol. The summed E-state index contributed by atoms with van der Waals surface area (Å²) in [6, 6.07) is 0. The molecule has 0 heteroatoms. The normalized spacial score (nSPS) is 9.75. The predicted octanol–water partition coefficient (Wildman–Crippen LogP) is 2.54. The molecular weight excluding hydrogens is 96.1 g/mol. The van der Waals surface area contributed by atoms with Crippen LogP contribution in [0.5, 0.6) is 0 Å². The second kappa shape index (κ2) is 2.54. The van der Waals surface area contributed by atoms with Crippen molar-refractivity contribution < 1.29 is 0 Å². The molecule has 0 aromatic carbocycles. The van der Waals surface area contributed by atoms with Gasteiger partial charge < -0.3 is 0 Å². The predicted molar refractivity (Wildman–Crippen MR) is 37.7 cm³/mol. The largest absolute Gasteiger partial charge is 0.132 e. The van der Waals surface area contributed by atoms with Crippen molar-refractivity contribution >= 4 is 0 Å². The van der Waals surface area contributed by atoms with Gasteiger partial charge in [0.15, 0.2) is 0 Å². The molecule has 0 aromatic heterocycles. The van der Waals surface area contributed by atoms with Crippen LogP contribution < -0.4 is 0 Å². The van der Waals surface area contributed by atoms with Crippen LogP contribution in [0.25, 0.3) is 0 Å². The fourth-order valence-electron chi connectivity index (χ4n) is 0.322. The maximum Gasteiger partial charge on any atom is 0.00769 e. The molecule has 8 heavy (non-hydrogen) atoms. The van der Waals surface area contributed by atoms with Crippen molar-refractivity contribution in [3.05, 3.63) is 31.0 Å². The fraction of sp³-hybridized carbons (Fsp3) is 0.375. The summed E-state index contributed by atoms with van der Waals surface area (Å²) >= 11 is 0. The highest BCUT2D eigenvalue weighted by Crippen LogP contribution is 2.16. The van der Waals surface area contributed by atoms with Gasteiger partial charge in [0.25, 0.3) is 0 Å². The van der Waals surface area contributed by atoms with E-state index < -0.39 is 0 Å². The van der Waals surface area contributed by atoms with E-state index in [1.54, 1.807) is 0 Å². The topological polar surface area (TPSA) is 0 Å². The van der Waals surface area contributed by atoms with Gasteiger partial charge in [0.1, 0.15) is 0 Å². The third-order valence-corrected chi connectivity index (χ3v) is 1.00. The summed E-state index contributed by atoms with van der Waals surface area (Å²) < 4.78 is 0. The van der Waals surface area contributed by atoms with Gasteiger partial charge >= 0.3 is 0 Å². The van der Waals surface area contributed by atoms with Crippen LogP contribution in [0, 0.1) is 5.41 Å². The fourth-order valence-corrected chi connectivity index (χ4v) is 0.322. The lowest BCUT2D eigenvalue weighted by atomic mass is 9.94. The Hall–Kier alpha value is -0.740. The third-order valence-electron chi connectivity index (χ3n) is 1.00. The average molecular weight is 108 g/mol. The molecule has 0 unspecified atom stereocenters. The van der Waals surface area contributed by atoms with E-state index in [2.05, 4.69) is 32.7 Å². The summed E-state index contributed by atoms with van der Waals surface area (Å²) in [6.07, 6.45) is 3.76. The Morgan fingerprint density at radius 1 is 1.50 bits per heavy atom. The van der Waals surface area contributed by atoms with Crippen molar-refractivity contribution in [2.24, 2.45) is 5.41 Å². The van der Waals surface area contributed by atoms with Gasteiger partial charge in [0, 0.05) is 5.41 Å². The van der Waals surface area contributed by atoms with Crippen LogP contribution in [0.3, 0.4) is 0 Å². The number of hydrogen-bond donors (Lipinski definition) is 0. The Balaban J connectivity index is 4.11. The summed E-state index contributed by atoms with van der Waals surface area (Å²) in [5.41, 5.74) is 2.77. The van der Waals surface area contributed by atoms with Crippen LogP contribution in [0.1, 0.15) is 13.8 Å². The van der Waals surface area contributed by atoms with Crippen LogP contribution in [0.2, 0.25) is 0 Å². The van der Waals surface area contributed by atoms with Gasteiger partial charge in [0.2, 0.25) is 0 Å². The number of allylic oxidation sites excluding steroid dienone is 2. The summed E-state index contributed by atoms with van der Waals surface area (Å²) in [6.45, 7) is 11.2. The van der Waals surface area contributed by atoms with Gasteiger partial charge in [0.05, 0.1) is 0 Å². The van der Waals surface area contributed by atoms with Gasteiger partial charge in [-0.1, -0.05) is 26.5 Å². The zero-order valence-corrected chi connectivity index (χ0v) is 5.57. The summed E-state index contributed by atoms with van der Waals surface area (Å²) in [7, 11) is 0. The van der Waals surface area contributed by atoms with Crippen LogP contribution in [0.15, 0.2) is 31.0 Å². The highest BCUT2D eigenvalue weighted by molar-refractivity contribution is 5.02. The molecule has 0 rings (SSSR count). The van der Waals surface area contributed by atoms with Crippen molar-refractivity contribution in [2.45, 2.75) is 13.8 Å². The maximum absolute atomic E-state index is 3.65. The molecule has 0 amide bonds. The van der Waals surface area contributed by atoms with E-state index in [9.17, 15) is 0 Å². The Kier molecular flexibility index (Phi) is 2.30. The quantitative estimate of drug-likeness (QED) is 0.376. The summed E-state index contributed by atoms with van der Waals surface area (Å²) in [4.78, 5) is 0. The van der Waals surface area contributed by atoms with E-state index in [-0.39, 0.29) is 5.41 Å². The minimum atomic E-state index is 0.0573. The number of hydrogen-bond acceptors (Lipinski definition) is 0. The lowest BCUT2D eigenvalue weighted by Crippen LogP contribution is -1.99. The molecular formula is C8H12. The molecule has 0 radical (unpaired) electrons. The van der Waals surface area contributed by atoms with Crippen LogP contribution in [0.4, 0.5) is 0 Å². The Morgan fingerprint density at radius 3 is 2.12 bits per heavy atom. The molecule has 0 N–H and O–H groups in total. The maximum atomic E-state index is 3.65. The van der Waals surface area contributed by atoms with Crippen molar-refractivity contribution in [1.29, 1.82) is 0 Å². The Bertz CT molecular complexity index is 123. The van der Waals surface area contributed by atoms with E-state index in [0.29, 0.717) is 0 Å². The molecule has 44 valence electrons. The molecule has 0 heterocycles. The first kappa shape index (κ1) is 7.26. The molecule has 0 spiro atoms. The molecule has 0 atom stereocenters. The summed E-state index contributed by atoms with van der Waals surface area (Å²) in [5, 5.41) is 0. The highest BCUT2D eigenvalue weighted by atomic mass is 14.1. The minimum absolute atomic E-state index is 0.0573. The molecule has 0 aromatic rings. The smallest absolute Gasteiger partial charge is 0.00769 e. The Morgan fingerprint density at radius 2 is 2.00 bits per heavy atom. The summed E-state index contributed by atoms with van der Waals surface area (Å²) in [5.74, 6) is 0. The molecule has 0 aliphatic rings. The zero-order chi connectivity index (χ0) is 6.62. The second-order valence-electron chi connectivity index (χ2n) is 2.37. The first-order chi connectivity index (χ1) is 3.62. The molecule has 0 nitrogen and oxygen atoms in total. The minimum Gasteiger partial charge on any atom is -0.132 e. The van der Waals surface area contributed by atoms with E-state index in [1.165, 1.54) is 0 Å². The first-order valence-electron chi connectivity index (χ1n) is 2.63. The standard InChI is InChI=1S/C8H12/c1-5-7-8(3,4)6-2/h6-7H,1-2H2,3-4H3. The number of rotatable bonds is 2. The lowest BCUT2D eigenvalue weighted by molar-refractivity contribution is 0.629. The van der Waals surface area contributed by atoms with Crippen molar-refractivity contribution in [3.8, 4) is 0 Å². The van der Waals surface area contributed by atoms with E-state index in [1.807, 2.05) is 12.2 Å². The van der Waals surface area contributed by atoms with Gasteiger partial charge in [-0.2, -0.15) is 0 Å². The van der Waals surface area contributed by atoms with Gasteiger partial charge in [-0.3, -0.25) is 0 Å². The SMILES string of the molecule is C=C=CC(C)(C)C=C. The van der Waals surface area contributed by atoms with Gasteiger partial charge in [-0.05, 0) is 6.08 Å². The third kappa shape index (κ3) is 2.44. The van der Waals surface area contributed by atoms with E-state index in [0.717, 1.165) is 0 Å². The Labute approximate surface area is 51.2 Å². The molecule has 0 saturated carbocycles. The van der Waals surface area contributed by atoms with Crippen molar-refractivity contribution in [1.82, 2.24) is 0 Å². The first-order valence-corrected chi connectivity index (χ1v) is 2.63. The molecule has 0 aliphatic heterocycles. The van der Waals surface area contributed by atoms with Crippen molar-refractivity contribution in [3.63, 3.8) is 0 Å².